The third kappa shape index (κ3) is 7.63. The predicted molar refractivity (Wildman–Crippen MR) is 117 cm³/mol. The summed E-state index contributed by atoms with van der Waals surface area (Å²) < 4.78 is 10.8. The van der Waals surface area contributed by atoms with Gasteiger partial charge in [-0.15, -0.1) is 24.0 Å². The number of anilines is 1. The first-order valence-electron chi connectivity index (χ1n) is 8.98. The van der Waals surface area contributed by atoms with Crippen LogP contribution >= 0.6 is 24.0 Å². The predicted octanol–water partition coefficient (Wildman–Crippen LogP) is 2.01. The van der Waals surface area contributed by atoms with Crippen LogP contribution in [0.3, 0.4) is 0 Å². The normalized spacial score (nSPS) is 20.5. The van der Waals surface area contributed by atoms with Gasteiger partial charge in [-0.3, -0.25) is 0 Å². The number of pyridine rings is 1. The highest BCUT2D eigenvalue weighted by Crippen LogP contribution is 2.18. The van der Waals surface area contributed by atoms with Crippen LogP contribution in [-0.4, -0.2) is 63.0 Å². The highest BCUT2D eigenvalue weighted by atomic mass is 127. The van der Waals surface area contributed by atoms with E-state index in [2.05, 4.69) is 51.5 Å². The molecule has 1 fully saturated rings. The number of hydrogen-bond acceptors (Lipinski definition) is 5. The Hall–Kier alpha value is -1.13. The number of aromatic nitrogens is 1. The number of nitrogens with one attached hydrogen (secondary N) is 2. The maximum absolute atomic E-state index is 5.78. The topological polar surface area (TPSA) is 71.0 Å². The number of morpholine rings is 1. The van der Waals surface area contributed by atoms with Crippen molar-refractivity contribution >= 4 is 35.8 Å². The summed E-state index contributed by atoms with van der Waals surface area (Å²) in [5.74, 6) is 1.79. The van der Waals surface area contributed by atoms with Gasteiger partial charge in [-0.05, 0) is 32.4 Å². The molecule has 26 heavy (non-hydrogen) atoms. The first-order chi connectivity index (χ1) is 12.1. The van der Waals surface area contributed by atoms with Crippen LogP contribution in [-0.2, 0) is 16.0 Å². The van der Waals surface area contributed by atoms with Crippen LogP contribution in [0.15, 0.2) is 23.3 Å². The van der Waals surface area contributed by atoms with Gasteiger partial charge in [0.2, 0.25) is 0 Å². The average Bonchev–Trinajstić information content (AvgIpc) is 2.59. The fraction of sp³-hybridized carbons (Fsp3) is 0.667. The molecule has 148 valence electrons. The molecule has 0 amide bonds. The highest BCUT2D eigenvalue weighted by molar-refractivity contribution is 14.0. The number of ether oxygens (including phenoxy) is 2. The molecule has 0 saturated carbocycles. The van der Waals surface area contributed by atoms with Gasteiger partial charge >= 0.3 is 0 Å². The number of halogens is 1. The first kappa shape index (κ1) is 22.9. The van der Waals surface area contributed by atoms with Gasteiger partial charge in [-0.1, -0.05) is 6.07 Å². The van der Waals surface area contributed by atoms with Crippen LogP contribution in [0.2, 0.25) is 0 Å². The molecule has 0 spiro atoms. The van der Waals surface area contributed by atoms with E-state index in [-0.39, 0.29) is 36.2 Å². The SMILES string of the molecule is CCNC(=NCc1ccc(N2CC(C)OC(C)C2)nc1)NCCOC.I. The zero-order valence-corrected chi connectivity index (χ0v) is 18.5. The second-order valence-corrected chi connectivity index (χ2v) is 6.30. The van der Waals surface area contributed by atoms with Gasteiger partial charge in [0.05, 0.1) is 25.4 Å². The maximum Gasteiger partial charge on any atom is 0.191 e. The van der Waals surface area contributed by atoms with Crippen molar-refractivity contribution in [3.8, 4) is 0 Å². The van der Waals surface area contributed by atoms with Crippen molar-refractivity contribution in [2.24, 2.45) is 4.99 Å². The smallest absolute Gasteiger partial charge is 0.191 e. The van der Waals surface area contributed by atoms with Gasteiger partial charge in [0.25, 0.3) is 0 Å². The molecule has 2 rings (SSSR count). The summed E-state index contributed by atoms with van der Waals surface area (Å²) in [6.07, 6.45) is 2.37. The maximum atomic E-state index is 5.78. The first-order valence-corrected chi connectivity index (χ1v) is 8.98. The van der Waals surface area contributed by atoms with E-state index in [1.807, 2.05) is 13.1 Å². The van der Waals surface area contributed by atoms with Crippen molar-refractivity contribution in [3.63, 3.8) is 0 Å². The average molecular weight is 477 g/mol. The van der Waals surface area contributed by atoms with E-state index in [1.165, 1.54) is 0 Å². The molecule has 8 heteroatoms. The Morgan fingerprint density at radius 3 is 2.62 bits per heavy atom. The lowest BCUT2D eigenvalue weighted by Crippen LogP contribution is -2.45. The lowest BCUT2D eigenvalue weighted by Gasteiger charge is -2.36. The Morgan fingerprint density at radius 1 is 1.31 bits per heavy atom. The zero-order valence-electron chi connectivity index (χ0n) is 16.2. The van der Waals surface area contributed by atoms with E-state index < -0.39 is 0 Å². The number of nitrogens with zero attached hydrogens (tertiary/aromatic N) is 3. The minimum Gasteiger partial charge on any atom is -0.383 e. The minimum absolute atomic E-state index is 0. The van der Waals surface area contributed by atoms with Gasteiger partial charge in [0.1, 0.15) is 5.82 Å². The summed E-state index contributed by atoms with van der Waals surface area (Å²) in [6.45, 7) is 10.8. The Kier molecular flexibility index (Phi) is 10.8. The van der Waals surface area contributed by atoms with Crippen molar-refractivity contribution < 1.29 is 9.47 Å². The molecule has 0 aromatic carbocycles. The number of hydrogen-bond donors (Lipinski definition) is 2. The number of aliphatic imine (C=N–C) groups is 1. The number of guanidine groups is 1. The molecule has 1 aromatic heterocycles. The van der Waals surface area contributed by atoms with E-state index in [1.54, 1.807) is 7.11 Å². The van der Waals surface area contributed by atoms with Crippen LogP contribution in [0.4, 0.5) is 5.82 Å². The Balaban J connectivity index is 0.00000338. The highest BCUT2D eigenvalue weighted by Gasteiger charge is 2.22. The molecule has 7 nitrogen and oxygen atoms in total. The van der Waals surface area contributed by atoms with Gasteiger partial charge in [-0.25, -0.2) is 9.98 Å². The Labute approximate surface area is 174 Å². The van der Waals surface area contributed by atoms with Gasteiger partial charge < -0.3 is 25.0 Å². The van der Waals surface area contributed by atoms with Crippen molar-refractivity contribution in [2.45, 2.75) is 39.5 Å². The third-order valence-electron chi connectivity index (χ3n) is 3.92. The fourth-order valence-corrected chi connectivity index (χ4v) is 2.85. The van der Waals surface area contributed by atoms with Crippen LogP contribution in [0.1, 0.15) is 26.3 Å². The minimum atomic E-state index is 0. The van der Waals surface area contributed by atoms with Gasteiger partial charge in [-0.2, -0.15) is 0 Å². The van der Waals surface area contributed by atoms with Crippen LogP contribution in [0.5, 0.6) is 0 Å². The zero-order chi connectivity index (χ0) is 18.1. The summed E-state index contributed by atoms with van der Waals surface area (Å²) in [4.78, 5) is 11.5. The summed E-state index contributed by atoms with van der Waals surface area (Å²) in [5, 5.41) is 6.46. The molecule has 0 radical (unpaired) electrons. The summed E-state index contributed by atoms with van der Waals surface area (Å²) in [5.41, 5.74) is 1.09. The summed E-state index contributed by atoms with van der Waals surface area (Å²) >= 11 is 0. The van der Waals surface area contributed by atoms with Crippen molar-refractivity contribution in [1.82, 2.24) is 15.6 Å². The molecule has 1 aliphatic rings. The molecular formula is C18H32IN5O2. The Morgan fingerprint density at radius 2 is 2.04 bits per heavy atom. The standard InChI is InChI=1S/C18H31N5O2.HI/c1-5-19-18(20-8-9-24-4)22-11-16-6-7-17(21-10-16)23-12-14(2)25-15(3)13-23;/h6-7,10,14-15H,5,8-9,11-13H2,1-4H3,(H2,19,20,22);1H. The Bertz CT molecular complexity index is 531. The molecule has 1 aromatic rings. The molecule has 2 heterocycles. The molecule has 2 atom stereocenters. The lowest BCUT2D eigenvalue weighted by atomic mass is 10.2. The fourth-order valence-electron chi connectivity index (χ4n) is 2.85. The van der Waals surface area contributed by atoms with Crippen molar-refractivity contribution in [1.29, 1.82) is 0 Å². The van der Waals surface area contributed by atoms with Crippen molar-refractivity contribution in [3.05, 3.63) is 23.9 Å². The molecule has 2 unspecified atom stereocenters. The van der Waals surface area contributed by atoms with E-state index >= 15 is 0 Å². The summed E-state index contributed by atoms with van der Waals surface area (Å²) in [6, 6.07) is 4.16. The van der Waals surface area contributed by atoms with Gasteiger partial charge in [0.15, 0.2) is 5.96 Å². The van der Waals surface area contributed by atoms with E-state index in [0.717, 1.165) is 43.5 Å². The van der Waals surface area contributed by atoms with Crippen molar-refractivity contribution in [2.75, 3.05) is 44.8 Å². The van der Waals surface area contributed by atoms with E-state index in [9.17, 15) is 0 Å². The molecule has 1 saturated heterocycles. The number of rotatable bonds is 7. The largest absolute Gasteiger partial charge is 0.383 e. The second-order valence-electron chi connectivity index (χ2n) is 6.30. The monoisotopic (exact) mass is 477 g/mol. The molecule has 1 aliphatic heterocycles. The molecule has 2 N–H and O–H groups in total. The van der Waals surface area contributed by atoms with Crippen LogP contribution < -0.4 is 15.5 Å². The molecular weight excluding hydrogens is 445 g/mol. The summed E-state index contributed by atoms with van der Waals surface area (Å²) in [7, 11) is 1.69. The van der Waals surface area contributed by atoms with Crippen LogP contribution in [0.25, 0.3) is 0 Å². The van der Waals surface area contributed by atoms with Crippen LogP contribution in [0, 0.1) is 0 Å². The molecule has 0 aliphatic carbocycles. The van der Waals surface area contributed by atoms with E-state index in [0.29, 0.717) is 13.2 Å². The second kappa shape index (κ2) is 12.3. The van der Waals surface area contributed by atoms with E-state index in [4.69, 9.17) is 9.47 Å². The number of methoxy groups -OCH3 is 1. The third-order valence-corrected chi connectivity index (χ3v) is 3.92. The quantitative estimate of drug-likeness (QED) is 0.271. The molecule has 0 bridgehead atoms. The lowest BCUT2D eigenvalue weighted by molar-refractivity contribution is -0.00545. The van der Waals surface area contributed by atoms with Gasteiger partial charge in [0, 0.05) is 39.5 Å².